The van der Waals surface area contributed by atoms with Crippen LogP contribution in [-0.2, 0) is 4.79 Å². The van der Waals surface area contributed by atoms with Crippen LogP contribution in [0.15, 0.2) is 4.99 Å². The highest BCUT2D eigenvalue weighted by atomic mass is 19.4. The predicted octanol–water partition coefficient (Wildman–Crippen LogP) is 2.85. The quantitative estimate of drug-likeness (QED) is 0.479. The molecule has 0 spiro atoms. The molecule has 1 aliphatic carbocycles. The van der Waals surface area contributed by atoms with E-state index < -0.39 is 12.7 Å². The van der Waals surface area contributed by atoms with Gasteiger partial charge in [-0.25, -0.2) is 4.99 Å². The molecule has 174 valence electrons. The minimum absolute atomic E-state index is 0.0511. The van der Waals surface area contributed by atoms with Gasteiger partial charge in [-0.05, 0) is 57.0 Å². The first kappa shape index (κ1) is 24.8. The number of likely N-dealkylation sites (N-methyl/N-ethyl adjacent to an activating group) is 1. The summed E-state index contributed by atoms with van der Waals surface area (Å²) in [4.78, 5) is 19.4. The number of rotatable bonds is 7. The first-order valence-electron chi connectivity index (χ1n) is 11.2. The van der Waals surface area contributed by atoms with Crippen LogP contribution < -0.4 is 10.6 Å². The molecule has 0 aromatic carbocycles. The molecule has 2 atom stereocenters. The molecule has 1 amide bonds. The number of guanidine groups is 1. The van der Waals surface area contributed by atoms with Crippen molar-refractivity contribution in [1.82, 2.24) is 20.4 Å². The maximum atomic E-state index is 12.5. The number of alkyl halides is 3. The number of likely N-dealkylation sites (tertiary alicyclic amines) is 1. The highest BCUT2D eigenvalue weighted by molar-refractivity contribution is 5.84. The fourth-order valence-corrected chi connectivity index (χ4v) is 4.23. The first-order valence-corrected chi connectivity index (χ1v) is 11.2. The van der Waals surface area contributed by atoms with Crippen LogP contribution in [0.1, 0.15) is 51.9 Å². The number of nitrogens with one attached hydrogen (secondary N) is 2. The van der Waals surface area contributed by atoms with E-state index in [4.69, 9.17) is 0 Å². The molecule has 1 aliphatic heterocycles. The van der Waals surface area contributed by atoms with Crippen molar-refractivity contribution in [3.63, 3.8) is 0 Å². The average Bonchev–Trinajstić information content (AvgIpc) is 2.67. The molecule has 1 heterocycles. The van der Waals surface area contributed by atoms with Gasteiger partial charge < -0.3 is 15.5 Å². The Kier molecular flexibility index (Phi) is 9.71. The van der Waals surface area contributed by atoms with Gasteiger partial charge in [0.1, 0.15) is 6.54 Å². The maximum absolute atomic E-state index is 12.5. The lowest BCUT2D eigenvalue weighted by Gasteiger charge is -2.33. The average molecular weight is 434 g/mol. The predicted molar refractivity (Wildman–Crippen MR) is 113 cm³/mol. The van der Waals surface area contributed by atoms with E-state index in [9.17, 15) is 18.0 Å². The van der Waals surface area contributed by atoms with Crippen LogP contribution in [-0.4, -0.2) is 80.7 Å². The number of hydrogen-bond acceptors (Lipinski definition) is 3. The van der Waals surface area contributed by atoms with E-state index in [2.05, 4.69) is 22.5 Å². The second-order valence-electron chi connectivity index (χ2n) is 9.02. The van der Waals surface area contributed by atoms with Gasteiger partial charge in [0, 0.05) is 26.7 Å². The largest absolute Gasteiger partial charge is 0.401 e. The van der Waals surface area contributed by atoms with Gasteiger partial charge in [-0.15, -0.1) is 0 Å². The van der Waals surface area contributed by atoms with E-state index in [1.165, 1.54) is 29.1 Å². The number of carbonyl (C=O) groups is 1. The molecule has 0 aromatic rings. The van der Waals surface area contributed by atoms with Crippen LogP contribution in [0.3, 0.4) is 0 Å². The fourth-order valence-electron chi connectivity index (χ4n) is 4.23. The summed E-state index contributed by atoms with van der Waals surface area (Å²) in [5, 5.41) is 6.86. The second-order valence-corrected chi connectivity index (χ2v) is 9.02. The zero-order chi connectivity index (χ0) is 22.1. The minimum atomic E-state index is -4.12. The summed E-state index contributed by atoms with van der Waals surface area (Å²) >= 11 is 0. The van der Waals surface area contributed by atoms with Crippen molar-refractivity contribution in [2.75, 3.05) is 46.8 Å². The molecule has 2 unspecified atom stereocenters. The van der Waals surface area contributed by atoms with Gasteiger partial charge in [-0.3, -0.25) is 9.69 Å². The molecule has 0 aromatic heterocycles. The summed E-state index contributed by atoms with van der Waals surface area (Å²) in [7, 11) is 3.43. The molecule has 1 saturated heterocycles. The van der Waals surface area contributed by atoms with Gasteiger partial charge in [0.2, 0.25) is 5.91 Å². The van der Waals surface area contributed by atoms with Crippen LogP contribution in [0.25, 0.3) is 0 Å². The molecule has 9 heteroatoms. The van der Waals surface area contributed by atoms with Gasteiger partial charge in [-0.1, -0.05) is 19.8 Å². The molecule has 0 bridgehead atoms. The Bertz CT molecular complexity index is 559. The zero-order valence-corrected chi connectivity index (χ0v) is 18.6. The molecule has 2 rings (SSSR count). The highest BCUT2D eigenvalue weighted by Gasteiger charge is 2.32. The van der Waals surface area contributed by atoms with Crippen LogP contribution in [0, 0.1) is 11.8 Å². The Morgan fingerprint density at radius 2 is 1.80 bits per heavy atom. The lowest BCUT2D eigenvalue weighted by molar-refractivity contribution is -0.148. The third-order valence-electron chi connectivity index (χ3n) is 6.26. The number of hydrogen-bond donors (Lipinski definition) is 2. The van der Waals surface area contributed by atoms with Crippen molar-refractivity contribution in [2.45, 2.75) is 64.1 Å². The van der Waals surface area contributed by atoms with Crippen molar-refractivity contribution in [2.24, 2.45) is 16.8 Å². The van der Waals surface area contributed by atoms with Gasteiger partial charge in [0.25, 0.3) is 0 Å². The van der Waals surface area contributed by atoms with Crippen molar-refractivity contribution >= 4 is 11.9 Å². The number of amides is 1. The highest BCUT2D eigenvalue weighted by Crippen LogP contribution is 2.25. The molecular weight excluding hydrogens is 395 g/mol. The Morgan fingerprint density at radius 3 is 2.40 bits per heavy atom. The van der Waals surface area contributed by atoms with E-state index >= 15 is 0 Å². The number of carbonyl (C=O) groups excluding carboxylic acids is 1. The van der Waals surface area contributed by atoms with Crippen molar-refractivity contribution in [1.29, 1.82) is 0 Å². The number of halogens is 3. The first-order chi connectivity index (χ1) is 14.1. The molecular formula is C21H38F3N5O. The normalized spacial score (nSPS) is 24.5. The topological polar surface area (TPSA) is 60.0 Å². The van der Waals surface area contributed by atoms with E-state index in [1.54, 1.807) is 14.1 Å². The van der Waals surface area contributed by atoms with Crippen LogP contribution in [0.5, 0.6) is 0 Å². The van der Waals surface area contributed by atoms with Crippen LogP contribution in [0.2, 0.25) is 0 Å². The van der Waals surface area contributed by atoms with E-state index in [-0.39, 0.29) is 12.5 Å². The lowest BCUT2D eigenvalue weighted by atomic mass is 9.86. The van der Waals surface area contributed by atoms with E-state index in [0.717, 1.165) is 25.7 Å². The number of piperidine rings is 1. The molecule has 2 N–H and O–H groups in total. The van der Waals surface area contributed by atoms with Crippen molar-refractivity contribution in [3.8, 4) is 0 Å². The number of nitrogens with zero attached hydrogens (tertiary/aromatic N) is 3. The van der Waals surface area contributed by atoms with Crippen LogP contribution >= 0.6 is 0 Å². The summed E-state index contributed by atoms with van der Waals surface area (Å²) in [6.45, 7) is 3.24. The summed E-state index contributed by atoms with van der Waals surface area (Å²) in [5.41, 5.74) is 0. The Hall–Kier alpha value is -1.51. The van der Waals surface area contributed by atoms with Gasteiger partial charge in [0.15, 0.2) is 5.96 Å². The molecule has 6 nitrogen and oxygen atoms in total. The Morgan fingerprint density at radius 1 is 1.13 bits per heavy atom. The zero-order valence-electron chi connectivity index (χ0n) is 18.6. The van der Waals surface area contributed by atoms with Gasteiger partial charge >= 0.3 is 6.18 Å². The van der Waals surface area contributed by atoms with E-state index in [1.807, 2.05) is 0 Å². The maximum Gasteiger partial charge on any atom is 0.401 e. The molecule has 0 radical (unpaired) electrons. The number of aliphatic imine (C=N–C) groups is 1. The summed E-state index contributed by atoms with van der Waals surface area (Å²) in [5.74, 6) is 1.59. The second kappa shape index (κ2) is 11.8. The molecule has 1 saturated carbocycles. The minimum Gasteiger partial charge on any atom is -0.356 e. The van der Waals surface area contributed by atoms with Crippen molar-refractivity contribution in [3.05, 3.63) is 0 Å². The molecule has 2 fully saturated rings. The van der Waals surface area contributed by atoms with Crippen molar-refractivity contribution < 1.29 is 18.0 Å². The molecule has 2 aliphatic rings. The van der Waals surface area contributed by atoms with Gasteiger partial charge in [0.05, 0.1) is 6.54 Å². The SMILES string of the molecule is CC1CCCCC1NC(=NCC(=O)N(C)C)NCCC1CCN(CC(F)(F)F)CC1. The van der Waals surface area contributed by atoms with Crippen LogP contribution in [0.4, 0.5) is 13.2 Å². The Labute approximate surface area is 178 Å². The smallest absolute Gasteiger partial charge is 0.356 e. The Balaban J connectivity index is 1.80. The summed E-state index contributed by atoms with van der Waals surface area (Å²) in [6, 6.07) is 0.352. The lowest BCUT2D eigenvalue weighted by Crippen LogP contribution is -2.48. The van der Waals surface area contributed by atoms with Gasteiger partial charge in [-0.2, -0.15) is 13.2 Å². The van der Waals surface area contributed by atoms with E-state index in [0.29, 0.717) is 43.5 Å². The monoisotopic (exact) mass is 433 g/mol. The standard InChI is InChI=1S/C21H38F3N5O/c1-16-6-4-5-7-18(16)27-20(26-14-19(30)28(2)3)25-11-8-17-9-12-29(13-10-17)15-21(22,23)24/h16-18H,4-15H2,1-3H3,(H2,25,26,27). The summed E-state index contributed by atoms with van der Waals surface area (Å²) in [6.07, 6.45) is 3.09. The summed E-state index contributed by atoms with van der Waals surface area (Å²) < 4.78 is 37.6. The third-order valence-corrected chi connectivity index (χ3v) is 6.26. The molecule has 30 heavy (non-hydrogen) atoms. The fraction of sp³-hybridized carbons (Fsp3) is 0.905. The third kappa shape index (κ3) is 9.10.